The van der Waals surface area contributed by atoms with Crippen LogP contribution >= 0.6 is 23.2 Å². The Hall–Kier alpha value is -3.08. The average Bonchev–Trinajstić information content (AvgIpc) is 2.73. The molecule has 0 heterocycles. The molecule has 0 radical (unpaired) electrons. The minimum absolute atomic E-state index is 0.339. The van der Waals surface area contributed by atoms with Crippen LogP contribution in [0.15, 0.2) is 84.9 Å². The monoisotopic (exact) mass is 424 g/mol. The van der Waals surface area contributed by atoms with Gasteiger partial charge in [-0.1, -0.05) is 89.9 Å². The number of halogens is 2. The molecular formula is C23H18Cl2N2O2. The van der Waals surface area contributed by atoms with E-state index in [2.05, 4.69) is 10.9 Å². The molecule has 4 nitrogen and oxygen atoms in total. The van der Waals surface area contributed by atoms with Gasteiger partial charge >= 0.3 is 0 Å². The standard InChI is InChI=1S/C23H18Cl2N2O2/c24-19-13-11-16(20(25)15-19)12-14-21(28)26-27-23(29)22(17-7-3-1-4-8-17)18-9-5-2-6-10-18/h1-15,22H,(H,26,28)(H,27,29)/b14-12+. The highest BCUT2D eigenvalue weighted by atomic mass is 35.5. The molecule has 0 aromatic heterocycles. The molecule has 3 aromatic carbocycles. The quantitative estimate of drug-likeness (QED) is 0.447. The lowest BCUT2D eigenvalue weighted by Gasteiger charge is -2.17. The van der Waals surface area contributed by atoms with Crippen molar-refractivity contribution in [3.05, 3.63) is 112 Å². The molecule has 3 rings (SSSR count). The molecule has 0 aliphatic heterocycles. The molecule has 2 N–H and O–H groups in total. The maximum absolute atomic E-state index is 12.8. The van der Waals surface area contributed by atoms with Crippen molar-refractivity contribution in [1.82, 2.24) is 10.9 Å². The van der Waals surface area contributed by atoms with E-state index in [0.717, 1.165) is 11.1 Å². The lowest BCUT2D eigenvalue weighted by Crippen LogP contribution is -2.43. The fourth-order valence-electron chi connectivity index (χ4n) is 2.83. The Morgan fingerprint density at radius 3 is 1.93 bits per heavy atom. The van der Waals surface area contributed by atoms with E-state index in [-0.39, 0.29) is 5.91 Å². The Morgan fingerprint density at radius 2 is 1.38 bits per heavy atom. The van der Waals surface area contributed by atoms with Crippen molar-refractivity contribution in [2.24, 2.45) is 0 Å². The lowest BCUT2D eigenvalue weighted by atomic mass is 9.91. The Bertz CT molecular complexity index is 982. The number of hydrogen-bond donors (Lipinski definition) is 2. The van der Waals surface area contributed by atoms with Crippen LogP contribution in [0.5, 0.6) is 0 Å². The van der Waals surface area contributed by atoms with Gasteiger partial charge in [0.05, 0.1) is 5.92 Å². The van der Waals surface area contributed by atoms with Crippen LogP contribution in [-0.2, 0) is 9.59 Å². The van der Waals surface area contributed by atoms with E-state index in [1.807, 2.05) is 60.7 Å². The van der Waals surface area contributed by atoms with E-state index >= 15 is 0 Å². The highest BCUT2D eigenvalue weighted by Gasteiger charge is 2.22. The van der Waals surface area contributed by atoms with Crippen LogP contribution in [0.25, 0.3) is 6.08 Å². The zero-order valence-corrected chi connectivity index (χ0v) is 16.8. The van der Waals surface area contributed by atoms with E-state index in [1.54, 1.807) is 24.3 Å². The van der Waals surface area contributed by atoms with E-state index in [9.17, 15) is 9.59 Å². The van der Waals surface area contributed by atoms with E-state index in [1.165, 1.54) is 6.08 Å². The Balaban J connectivity index is 1.68. The molecule has 2 amide bonds. The van der Waals surface area contributed by atoms with Gasteiger partial charge in [-0.2, -0.15) is 0 Å². The van der Waals surface area contributed by atoms with Gasteiger partial charge in [0.25, 0.3) is 5.91 Å². The second-order valence-electron chi connectivity index (χ2n) is 6.23. The first-order valence-electron chi connectivity index (χ1n) is 8.87. The number of carbonyl (C=O) groups is 2. The number of rotatable bonds is 5. The van der Waals surface area contributed by atoms with Gasteiger partial charge in [0.1, 0.15) is 0 Å². The average molecular weight is 425 g/mol. The molecule has 0 atom stereocenters. The molecule has 0 fully saturated rings. The van der Waals surface area contributed by atoms with Gasteiger partial charge in [-0.25, -0.2) is 0 Å². The van der Waals surface area contributed by atoms with Gasteiger partial charge in [0.15, 0.2) is 0 Å². The normalized spacial score (nSPS) is 10.9. The van der Waals surface area contributed by atoms with Crippen LogP contribution in [0, 0.1) is 0 Å². The van der Waals surface area contributed by atoms with Crippen molar-refractivity contribution in [3.63, 3.8) is 0 Å². The van der Waals surface area contributed by atoms with Crippen LogP contribution in [0.4, 0.5) is 0 Å². The van der Waals surface area contributed by atoms with Crippen LogP contribution in [0.3, 0.4) is 0 Å². The Labute approximate surface area is 179 Å². The van der Waals surface area contributed by atoms with Gasteiger partial charge in [-0.05, 0) is 34.9 Å². The van der Waals surface area contributed by atoms with Gasteiger partial charge in [0.2, 0.25) is 5.91 Å². The highest BCUT2D eigenvalue weighted by molar-refractivity contribution is 6.35. The smallest absolute Gasteiger partial charge is 0.262 e. The number of hydrazine groups is 1. The molecule has 0 saturated carbocycles. The molecular weight excluding hydrogens is 407 g/mol. The predicted molar refractivity (Wildman–Crippen MR) is 117 cm³/mol. The number of benzene rings is 3. The van der Waals surface area contributed by atoms with Gasteiger partial charge < -0.3 is 0 Å². The third kappa shape index (κ3) is 5.70. The maximum atomic E-state index is 12.8. The van der Waals surface area contributed by atoms with E-state index in [4.69, 9.17) is 23.2 Å². The Morgan fingerprint density at radius 1 is 0.793 bits per heavy atom. The molecule has 146 valence electrons. The molecule has 29 heavy (non-hydrogen) atoms. The van der Waals surface area contributed by atoms with Crippen molar-refractivity contribution < 1.29 is 9.59 Å². The summed E-state index contributed by atoms with van der Waals surface area (Å²) in [4.78, 5) is 24.9. The minimum Gasteiger partial charge on any atom is -0.272 e. The molecule has 0 bridgehead atoms. The number of amides is 2. The zero-order chi connectivity index (χ0) is 20.6. The maximum Gasteiger partial charge on any atom is 0.262 e. The van der Waals surface area contributed by atoms with Gasteiger partial charge in [0, 0.05) is 16.1 Å². The first kappa shape index (κ1) is 20.6. The topological polar surface area (TPSA) is 58.2 Å². The summed E-state index contributed by atoms with van der Waals surface area (Å²) in [6.07, 6.45) is 2.83. The second-order valence-corrected chi connectivity index (χ2v) is 7.08. The van der Waals surface area contributed by atoms with E-state index < -0.39 is 11.8 Å². The third-order valence-corrected chi connectivity index (χ3v) is 4.78. The summed E-state index contributed by atoms with van der Waals surface area (Å²) in [5.74, 6) is -1.37. The number of hydrogen-bond acceptors (Lipinski definition) is 2. The third-order valence-electron chi connectivity index (χ3n) is 4.21. The van der Waals surface area contributed by atoms with Crippen LogP contribution in [-0.4, -0.2) is 11.8 Å². The SMILES string of the molecule is O=C(/C=C/c1ccc(Cl)cc1Cl)NNC(=O)C(c1ccccc1)c1ccccc1. The molecule has 0 aliphatic carbocycles. The first-order chi connectivity index (χ1) is 14.0. The first-order valence-corrected chi connectivity index (χ1v) is 9.63. The fourth-order valence-corrected chi connectivity index (χ4v) is 3.30. The molecule has 0 unspecified atom stereocenters. The van der Waals surface area contributed by atoms with Crippen LogP contribution < -0.4 is 10.9 Å². The highest BCUT2D eigenvalue weighted by Crippen LogP contribution is 2.24. The molecule has 0 spiro atoms. The summed E-state index contributed by atoms with van der Waals surface area (Å²) >= 11 is 11.9. The Kier molecular flexibility index (Phi) is 7.06. The molecule has 3 aromatic rings. The van der Waals surface area contributed by atoms with Crippen molar-refractivity contribution in [2.75, 3.05) is 0 Å². The van der Waals surface area contributed by atoms with Gasteiger partial charge in [-0.15, -0.1) is 0 Å². The zero-order valence-electron chi connectivity index (χ0n) is 15.3. The van der Waals surface area contributed by atoms with Crippen molar-refractivity contribution in [1.29, 1.82) is 0 Å². The fraction of sp³-hybridized carbons (Fsp3) is 0.0435. The minimum atomic E-state index is -0.549. The predicted octanol–water partition coefficient (Wildman–Crippen LogP) is 4.99. The van der Waals surface area contributed by atoms with Crippen LogP contribution in [0.1, 0.15) is 22.6 Å². The molecule has 6 heteroatoms. The molecule has 0 aliphatic rings. The summed E-state index contributed by atoms with van der Waals surface area (Å²) in [6.45, 7) is 0. The largest absolute Gasteiger partial charge is 0.272 e. The number of carbonyl (C=O) groups excluding carboxylic acids is 2. The summed E-state index contributed by atoms with van der Waals surface area (Å²) in [7, 11) is 0. The summed E-state index contributed by atoms with van der Waals surface area (Å²) in [6, 6.07) is 23.7. The van der Waals surface area contributed by atoms with Crippen molar-refractivity contribution in [3.8, 4) is 0 Å². The summed E-state index contributed by atoms with van der Waals surface area (Å²) in [5.41, 5.74) is 7.20. The molecule has 0 saturated heterocycles. The summed E-state index contributed by atoms with van der Waals surface area (Å²) in [5, 5.41) is 0.940. The van der Waals surface area contributed by atoms with Crippen molar-refractivity contribution >= 4 is 41.1 Å². The van der Waals surface area contributed by atoms with Gasteiger partial charge in [-0.3, -0.25) is 20.4 Å². The number of nitrogens with one attached hydrogen (secondary N) is 2. The second kappa shape index (κ2) is 9.92. The summed E-state index contributed by atoms with van der Waals surface area (Å²) < 4.78 is 0. The van der Waals surface area contributed by atoms with Crippen molar-refractivity contribution in [2.45, 2.75) is 5.92 Å². The van der Waals surface area contributed by atoms with E-state index in [0.29, 0.717) is 15.6 Å². The van der Waals surface area contributed by atoms with Crippen LogP contribution in [0.2, 0.25) is 10.0 Å². The lowest BCUT2D eigenvalue weighted by molar-refractivity contribution is -0.127.